The van der Waals surface area contributed by atoms with Crippen LogP contribution in [0.3, 0.4) is 0 Å². The zero-order chi connectivity index (χ0) is 20.8. The van der Waals surface area contributed by atoms with Crippen molar-refractivity contribution in [2.75, 3.05) is 45.6 Å². The Balaban J connectivity index is 0.00000420. The summed E-state index contributed by atoms with van der Waals surface area (Å²) in [7, 11) is -1.63. The van der Waals surface area contributed by atoms with Gasteiger partial charge >= 0.3 is 0 Å². The summed E-state index contributed by atoms with van der Waals surface area (Å²) >= 11 is 0. The van der Waals surface area contributed by atoms with Crippen LogP contribution in [0.4, 0.5) is 0 Å². The van der Waals surface area contributed by atoms with E-state index in [1.807, 2.05) is 19.1 Å². The second kappa shape index (κ2) is 11.5. The number of halogens is 1. The normalized spacial score (nSPS) is 17.9. The van der Waals surface area contributed by atoms with Gasteiger partial charge in [-0.05, 0) is 36.5 Å². The largest absolute Gasteiger partial charge is 0.384 e. The zero-order valence-corrected chi connectivity index (χ0v) is 21.4. The molecule has 0 saturated carbocycles. The van der Waals surface area contributed by atoms with Gasteiger partial charge in [-0.3, -0.25) is 4.99 Å². The highest BCUT2D eigenvalue weighted by molar-refractivity contribution is 14.0. The van der Waals surface area contributed by atoms with E-state index in [-0.39, 0.29) is 41.7 Å². The van der Waals surface area contributed by atoms with Crippen molar-refractivity contribution < 1.29 is 13.2 Å². The number of nitrogens with zero attached hydrogens (tertiary/aromatic N) is 2. The average Bonchev–Trinajstić information content (AvgIpc) is 3.09. The second-order valence-electron chi connectivity index (χ2n) is 8.38. The molecule has 0 aromatic heterocycles. The zero-order valence-electron chi connectivity index (χ0n) is 18.3. The van der Waals surface area contributed by atoms with Crippen LogP contribution in [0.25, 0.3) is 0 Å². The molecular formula is C21H36IN3O3S. The molecule has 1 aromatic rings. The average molecular weight is 538 g/mol. The lowest BCUT2D eigenvalue weighted by atomic mass is 9.87. The highest BCUT2D eigenvalue weighted by Crippen LogP contribution is 2.23. The fourth-order valence-corrected chi connectivity index (χ4v) is 4.49. The van der Waals surface area contributed by atoms with Crippen molar-refractivity contribution in [3.8, 4) is 0 Å². The first-order chi connectivity index (χ1) is 13.2. The Morgan fingerprint density at radius 2 is 1.93 bits per heavy atom. The summed E-state index contributed by atoms with van der Waals surface area (Å²) in [6, 6.07) is 7.22. The molecule has 1 aromatic carbocycles. The maximum atomic E-state index is 12.7. The smallest absolute Gasteiger partial charge is 0.193 e. The molecule has 1 aliphatic heterocycles. The number of hydrogen-bond acceptors (Lipinski definition) is 4. The molecule has 1 heterocycles. The van der Waals surface area contributed by atoms with Crippen LogP contribution < -0.4 is 5.32 Å². The minimum atomic E-state index is -3.35. The van der Waals surface area contributed by atoms with Gasteiger partial charge in [0.1, 0.15) is 0 Å². The number of nitrogens with one attached hydrogen (secondary N) is 1. The van der Waals surface area contributed by atoms with Gasteiger partial charge in [-0.2, -0.15) is 0 Å². The predicted molar refractivity (Wildman–Crippen MR) is 130 cm³/mol. The molecule has 0 spiro atoms. The van der Waals surface area contributed by atoms with E-state index >= 15 is 0 Å². The third kappa shape index (κ3) is 7.71. The van der Waals surface area contributed by atoms with Gasteiger partial charge in [-0.15, -0.1) is 24.0 Å². The Bertz CT molecular complexity index is 758. The van der Waals surface area contributed by atoms with Crippen molar-refractivity contribution in [3.63, 3.8) is 0 Å². The SMILES string of the molecule is CCNC(=NCCS(=O)(=O)c1ccc(C(C)(C)C)cc1)N1CCC(COC)C1.I. The van der Waals surface area contributed by atoms with E-state index in [0.29, 0.717) is 10.8 Å². The number of aliphatic imine (C=N–C) groups is 1. The molecule has 29 heavy (non-hydrogen) atoms. The first kappa shape index (κ1) is 26.2. The number of rotatable bonds is 7. The van der Waals surface area contributed by atoms with E-state index in [9.17, 15) is 8.42 Å². The van der Waals surface area contributed by atoms with Crippen LogP contribution in [0.1, 0.15) is 39.7 Å². The minimum absolute atomic E-state index is 0. The van der Waals surface area contributed by atoms with Crippen LogP contribution in [-0.4, -0.2) is 64.9 Å². The maximum absolute atomic E-state index is 12.7. The van der Waals surface area contributed by atoms with Crippen LogP contribution in [0.5, 0.6) is 0 Å². The molecule has 166 valence electrons. The molecule has 1 unspecified atom stereocenters. The molecule has 1 atom stereocenters. The Labute approximate surface area is 193 Å². The highest BCUT2D eigenvalue weighted by Gasteiger charge is 2.25. The molecular weight excluding hydrogens is 501 g/mol. The van der Waals surface area contributed by atoms with Crippen LogP contribution in [-0.2, 0) is 20.0 Å². The standard InChI is InChI=1S/C21H35N3O3S.HI/c1-6-22-20(24-13-11-17(15-24)16-27-5)23-12-14-28(25,26)19-9-7-18(8-10-19)21(2,3)4;/h7-10,17H,6,11-16H2,1-5H3,(H,22,23);1H. The first-order valence-electron chi connectivity index (χ1n) is 10.0. The maximum Gasteiger partial charge on any atom is 0.193 e. The lowest BCUT2D eigenvalue weighted by molar-refractivity contribution is 0.157. The van der Waals surface area contributed by atoms with Gasteiger partial charge in [-0.25, -0.2) is 8.42 Å². The number of benzene rings is 1. The number of ether oxygens (including phenoxy) is 1. The van der Waals surface area contributed by atoms with Crippen LogP contribution in [0, 0.1) is 5.92 Å². The Hall–Kier alpha value is -0.870. The quantitative estimate of drug-likeness (QED) is 0.329. The minimum Gasteiger partial charge on any atom is -0.384 e. The summed E-state index contributed by atoms with van der Waals surface area (Å²) in [5.74, 6) is 1.30. The first-order valence-corrected chi connectivity index (χ1v) is 11.7. The van der Waals surface area contributed by atoms with Gasteiger partial charge < -0.3 is 15.0 Å². The molecule has 0 bridgehead atoms. The molecule has 0 radical (unpaired) electrons. The molecule has 0 amide bonds. The Morgan fingerprint density at radius 1 is 1.28 bits per heavy atom. The van der Waals surface area contributed by atoms with E-state index in [1.165, 1.54) is 0 Å². The summed E-state index contributed by atoms with van der Waals surface area (Å²) in [5.41, 5.74) is 1.13. The van der Waals surface area contributed by atoms with E-state index in [4.69, 9.17) is 4.74 Å². The van der Waals surface area contributed by atoms with Crippen molar-refractivity contribution in [2.45, 2.75) is 44.4 Å². The van der Waals surface area contributed by atoms with Crippen LogP contribution in [0.15, 0.2) is 34.2 Å². The second-order valence-corrected chi connectivity index (χ2v) is 10.5. The number of methoxy groups -OCH3 is 1. The predicted octanol–water partition coefficient (Wildman–Crippen LogP) is 3.31. The van der Waals surface area contributed by atoms with Gasteiger partial charge in [0.2, 0.25) is 0 Å². The molecule has 1 aliphatic rings. The fourth-order valence-electron chi connectivity index (χ4n) is 3.37. The summed E-state index contributed by atoms with van der Waals surface area (Å²) in [5, 5.41) is 3.28. The number of likely N-dealkylation sites (tertiary alicyclic amines) is 1. The summed E-state index contributed by atoms with van der Waals surface area (Å²) in [4.78, 5) is 7.12. The lowest BCUT2D eigenvalue weighted by Gasteiger charge is -2.21. The van der Waals surface area contributed by atoms with Crippen LogP contribution in [0.2, 0.25) is 0 Å². The fraction of sp³-hybridized carbons (Fsp3) is 0.667. The number of sulfone groups is 1. The molecule has 6 nitrogen and oxygen atoms in total. The lowest BCUT2D eigenvalue weighted by Crippen LogP contribution is -2.40. The van der Waals surface area contributed by atoms with E-state index in [2.05, 4.69) is 36.0 Å². The molecule has 2 rings (SSSR count). The monoisotopic (exact) mass is 537 g/mol. The third-order valence-corrected chi connectivity index (χ3v) is 6.73. The number of hydrogen-bond donors (Lipinski definition) is 1. The van der Waals surface area contributed by atoms with E-state index in [0.717, 1.165) is 44.2 Å². The molecule has 0 aliphatic carbocycles. The Morgan fingerprint density at radius 3 is 2.48 bits per heavy atom. The van der Waals surface area contributed by atoms with E-state index < -0.39 is 9.84 Å². The molecule has 1 saturated heterocycles. The van der Waals surface area contributed by atoms with Gasteiger partial charge in [0.05, 0.1) is 23.8 Å². The summed E-state index contributed by atoms with van der Waals surface area (Å²) < 4.78 is 30.6. The molecule has 1 N–H and O–H groups in total. The third-order valence-electron chi connectivity index (χ3n) is 5.02. The molecule has 1 fully saturated rings. The summed E-state index contributed by atoms with van der Waals surface area (Å²) in [6.45, 7) is 11.9. The Kier molecular flexibility index (Phi) is 10.4. The van der Waals surface area contributed by atoms with Crippen LogP contribution >= 0.6 is 24.0 Å². The topological polar surface area (TPSA) is 71.0 Å². The van der Waals surface area contributed by atoms with Crippen molar-refractivity contribution in [1.29, 1.82) is 0 Å². The summed E-state index contributed by atoms with van der Waals surface area (Å²) in [6.07, 6.45) is 1.07. The van der Waals surface area contributed by atoms with Crippen molar-refractivity contribution >= 4 is 39.8 Å². The van der Waals surface area contributed by atoms with Crippen molar-refractivity contribution in [1.82, 2.24) is 10.2 Å². The van der Waals surface area contributed by atoms with Gasteiger partial charge in [0.25, 0.3) is 0 Å². The van der Waals surface area contributed by atoms with E-state index in [1.54, 1.807) is 19.2 Å². The highest BCUT2D eigenvalue weighted by atomic mass is 127. The number of guanidine groups is 1. The van der Waals surface area contributed by atoms with Gasteiger partial charge in [-0.1, -0.05) is 32.9 Å². The van der Waals surface area contributed by atoms with Gasteiger partial charge in [0.15, 0.2) is 15.8 Å². The van der Waals surface area contributed by atoms with Crippen molar-refractivity contribution in [3.05, 3.63) is 29.8 Å². The molecule has 8 heteroatoms. The van der Waals surface area contributed by atoms with Crippen molar-refractivity contribution in [2.24, 2.45) is 10.9 Å². The van der Waals surface area contributed by atoms with Gasteiger partial charge in [0, 0.05) is 32.7 Å².